The first kappa shape index (κ1) is 9.39. The van der Waals surface area contributed by atoms with Crippen LogP contribution in [0.25, 0.3) is 0 Å². The number of aliphatic imine (C=N–C) groups is 1. The second-order valence-electron chi connectivity index (χ2n) is 4.04. The first-order valence-corrected chi connectivity index (χ1v) is 5.11. The Morgan fingerprint density at radius 1 is 1.29 bits per heavy atom. The van der Waals surface area contributed by atoms with Crippen LogP contribution in [0, 0.1) is 0 Å². The van der Waals surface area contributed by atoms with Gasteiger partial charge < -0.3 is 0 Å². The molecule has 14 heavy (non-hydrogen) atoms. The monoisotopic (exact) mass is 209 g/mol. The van der Waals surface area contributed by atoms with Crippen molar-refractivity contribution in [2.24, 2.45) is 15.2 Å². The van der Waals surface area contributed by atoms with Gasteiger partial charge in [0.15, 0.2) is 11.7 Å². The van der Waals surface area contributed by atoms with Crippen molar-refractivity contribution in [2.75, 3.05) is 6.67 Å². The van der Waals surface area contributed by atoms with E-state index in [0.29, 0.717) is 12.5 Å². The van der Waals surface area contributed by atoms with Crippen molar-refractivity contribution < 1.29 is 0 Å². The van der Waals surface area contributed by atoms with E-state index < -0.39 is 0 Å². The van der Waals surface area contributed by atoms with Crippen LogP contribution in [0.4, 0.5) is 0 Å². The minimum Gasteiger partial charge on any atom is -0.237 e. The minimum absolute atomic E-state index is 0.0228. The van der Waals surface area contributed by atoms with Crippen molar-refractivity contribution >= 4 is 17.4 Å². The maximum atomic E-state index is 4.39. The quantitative estimate of drug-likeness (QED) is 0.710. The molecule has 0 amide bonds. The molecule has 0 spiro atoms. The molecule has 0 radical (unpaired) electrons. The Balaban J connectivity index is 2.30. The minimum atomic E-state index is -0.0228. The lowest BCUT2D eigenvalue weighted by molar-refractivity contribution is 0.554. The summed E-state index contributed by atoms with van der Waals surface area (Å²) in [6.45, 7) is 6.66. The molecule has 0 N–H and O–H groups in total. The molecule has 6 heteroatoms. The van der Waals surface area contributed by atoms with Gasteiger partial charge in [0.1, 0.15) is 5.82 Å². The highest BCUT2D eigenvalue weighted by Gasteiger charge is 2.21. The molecular weight excluding hydrogens is 198 g/mol. The largest absolute Gasteiger partial charge is 0.237 e. The summed E-state index contributed by atoms with van der Waals surface area (Å²) in [6.07, 6.45) is 0. The van der Waals surface area contributed by atoms with Gasteiger partial charge in [0.05, 0.1) is 0 Å². The van der Waals surface area contributed by atoms with Crippen LogP contribution in [0.3, 0.4) is 0 Å². The summed E-state index contributed by atoms with van der Waals surface area (Å²) >= 11 is 1.33. The molecule has 1 aromatic rings. The Bertz CT molecular complexity index is 398. The van der Waals surface area contributed by atoms with Crippen LogP contribution in [0.15, 0.2) is 15.2 Å². The lowest BCUT2D eigenvalue weighted by atomic mass is 9.96. The van der Waals surface area contributed by atoms with E-state index >= 15 is 0 Å². The molecule has 2 rings (SSSR count). The van der Waals surface area contributed by atoms with Gasteiger partial charge in [-0.1, -0.05) is 20.8 Å². The highest BCUT2D eigenvalue weighted by Crippen LogP contribution is 2.21. The zero-order valence-electron chi connectivity index (χ0n) is 8.35. The van der Waals surface area contributed by atoms with Gasteiger partial charge in [-0.05, 0) is 11.5 Å². The summed E-state index contributed by atoms with van der Waals surface area (Å²) in [4.78, 5) is 8.48. The van der Waals surface area contributed by atoms with E-state index in [9.17, 15) is 0 Å². The van der Waals surface area contributed by atoms with E-state index in [2.05, 4.69) is 45.3 Å². The van der Waals surface area contributed by atoms with Gasteiger partial charge in [-0.15, -0.1) is 5.11 Å². The molecule has 0 bridgehead atoms. The molecule has 0 unspecified atom stereocenters. The van der Waals surface area contributed by atoms with E-state index in [1.165, 1.54) is 11.5 Å². The molecule has 0 aromatic carbocycles. The summed E-state index contributed by atoms with van der Waals surface area (Å²) in [5.41, 5.74) is -0.0228. The van der Waals surface area contributed by atoms with Crippen molar-refractivity contribution in [3.05, 3.63) is 10.8 Å². The van der Waals surface area contributed by atoms with Crippen LogP contribution in [0.5, 0.6) is 0 Å². The van der Waals surface area contributed by atoms with Crippen molar-refractivity contribution in [3.63, 3.8) is 0 Å². The smallest absolute Gasteiger partial charge is 0.209 e. The summed E-state index contributed by atoms with van der Waals surface area (Å²) < 4.78 is 4.28. The summed E-state index contributed by atoms with van der Waals surface area (Å²) in [6, 6.07) is 0. The van der Waals surface area contributed by atoms with E-state index in [1.807, 2.05) is 0 Å². The fourth-order valence-electron chi connectivity index (χ4n) is 0.958. The van der Waals surface area contributed by atoms with Gasteiger partial charge in [0, 0.05) is 5.41 Å². The third-order valence-corrected chi connectivity index (χ3v) is 2.45. The van der Waals surface area contributed by atoms with Gasteiger partial charge in [-0.3, -0.25) is 0 Å². The number of amidine groups is 1. The van der Waals surface area contributed by atoms with Gasteiger partial charge in [-0.25, -0.2) is 9.98 Å². The van der Waals surface area contributed by atoms with Crippen molar-refractivity contribution in [1.82, 2.24) is 9.36 Å². The van der Waals surface area contributed by atoms with Crippen molar-refractivity contribution in [2.45, 2.75) is 26.2 Å². The average molecular weight is 209 g/mol. The molecule has 5 nitrogen and oxygen atoms in total. The third-order valence-electron chi connectivity index (χ3n) is 1.74. The SMILES string of the molecule is CC(C)(C)c1nsc(C2=NCN=N2)n1. The number of hydrogen-bond donors (Lipinski definition) is 0. The van der Waals surface area contributed by atoms with Crippen LogP contribution in [0.1, 0.15) is 31.6 Å². The Hall–Kier alpha value is -1.17. The van der Waals surface area contributed by atoms with Crippen LogP contribution in [0.2, 0.25) is 0 Å². The summed E-state index contributed by atoms with van der Waals surface area (Å²) in [7, 11) is 0. The molecule has 2 heterocycles. The predicted octanol–water partition coefficient (Wildman–Crippen LogP) is 2.01. The molecule has 1 aromatic heterocycles. The number of nitrogens with zero attached hydrogens (tertiary/aromatic N) is 5. The highest BCUT2D eigenvalue weighted by atomic mass is 32.1. The fraction of sp³-hybridized carbons (Fsp3) is 0.625. The maximum absolute atomic E-state index is 4.39. The van der Waals surface area contributed by atoms with Gasteiger partial charge in [0.25, 0.3) is 0 Å². The Kier molecular flexibility index (Phi) is 2.14. The molecular formula is C8H11N5S. The lowest BCUT2D eigenvalue weighted by Crippen LogP contribution is -2.13. The van der Waals surface area contributed by atoms with Crippen LogP contribution < -0.4 is 0 Å². The number of azo groups is 1. The third kappa shape index (κ3) is 1.70. The second-order valence-corrected chi connectivity index (χ2v) is 4.79. The van der Waals surface area contributed by atoms with Crippen molar-refractivity contribution in [1.29, 1.82) is 0 Å². The van der Waals surface area contributed by atoms with E-state index in [1.54, 1.807) is 0 Å². The van der Waals surface area contributed by atoms with E-state index in [-0.39, 0.29) is 5.41 Å². The Morgan fingerprint density at radius 3 is 2.57 bits per heavy atom. The van der Waals surface area contributed by atoms with Gasteiger partial charge in [0.2, 0.25) is 5.84 Å². The molecule has 74 valence electrons. The highest BCUT2D eigenvalue weighted by molar-refractivity contribution is 7.07. The molecule has 0 atom stereocenters. The first-order valence-electron chi connectivity index (χ1n) is 4.34. The number of hydrogen-bond acceptors (Lipinski definition) is 6. The average Bonchev–Trinajstić information content (AvgIpc) is 2.73. The van der Waals surface area contributed by atoms with Crippen LogP contribution >= 0.6 is 11.5 Å². The molecule has 0 fully saturated rings. The van der Waals surface area contributed by atoms with Gasteiger partial charge >= 0.3 is 0 Å². The van der Waals surface area contributed by atoms with E-state index in [0.717, 1.165) is 10.8 Å². The van der Waals surface area contributed by atoms with Crippen molar-refractivity contribution in [3.8, 4) is 0 Å². The normalized spacial score (nSPS) is 16.1. The zero-order valence-corrected chi connectivity index (χ0v) is 9.17. The predicted molar refractivity (Wildman–Crippen MR) is 54.9 cm³/mol. The van der Waals surface area contributed by atoms with E-state index in [4.69, 9.17) is 0 Å². The van der Waals surface area contributed by atoms with Crippen LogP contribution in [-0.4, -0.2) is 21.9 Å². The molecule has 0 saturated carbocycles. The maximum Gasteiger partial charge on any atom is 0.209 e. The number of rotatable bonds is 1. The second kappa shape index (κ2) is 3.20. The standard InChI is InChI=1S/C8H11N5S/c1-8(2,3)7-11-6(14-13-7)5-9-4-10-12-5/h4H2,1-3H3. The van der Waals surface area contributed by atoms with Crippen LogP contribution in [-0.2, 0) is 5.41 Å². The zero-order chi connectivity index (χ0) is 10.2. The molecule has 0 aliphatic carbocycles. The molecule has 1 aliphatic rings. The number of aromatic nitrogens is 2. The lowest BCUT2D eigenvalue weighted by Gasteiger charge is -2.11. The summed E-state index contributed by atoms with van der Waals surface area (Å²) in [5.74, 6) is 1.44. The van der Waals surface area contributed by atoms with Gasteiger partial charge in [-0.2, -0.15) is 9.49 Å². The molecule has 0 saturated heterocycles. The fourth-order valence-corrected chi connectivity index (χ4v) is 1.76. The Morgan fingerprint density at radius 2 is 2.07 bits per heavy atom. The molecule has 1 aliphatic heterocycles. The summed E-state index contributed by atoms with van der Waals surface area (Å²) in [5, 5.41) is 8.42. The Labute approximate surface area is 86.2 Å². The topological polar surface area (TPSA) is 62.9 Å². The first-order chi connectivity index (χ1) is 6.57.